The number of hydrogen-bond acceptors (Lipinski definition) is 7. The topological polar surface area (TPSA) is 130 Å². The maximum atomic E-state index is 14.8. The summed E-state index contributed by atoms with van der Waals surface area (Å²) in [6, 6.07) is 2.74. The molecule has 1 atom stereocenters. The number of nitrogens with one attached hydrogen (secondary N) is 2. The van der Waals surface area contributed by atoms with Gasteiger partial charge in [-0.05, 0) is 51.5 Å². The molecule has 3 aromatic rings. The molecule has 1 saturated heterocycles. The number of nitrogens with zero attached hydrogens (tertiary/aromatic N) is 3. The lowest BCUT2D eigenvalue weighted by atomic mass is 10.0. The van der Waals surface area contributed by atoms with Crippen LogP contribution in [0.3, 0.4) is 0 Å². The van der Waals surface area contributed by atoms with E-state index in [1.165, 1.54) is 32.5 Å². The summed E-state index contributed by atoms with van der Waals surface area (Å²) in [5.74, 6) is -0.119. The number of amides is 2. The van der Waals surface area contributed by atoms with E-state index in [0.29, 0.717) is 77.8 Å². The van der Waals surface area contributed by atoms with Crippen molar-refractivity contribution in [1.29, 1.82) is 0 Å². The Kier molecular flexibility index (Phi) is 7.20. The predicted octanol–water partition coefficient (Wildman–Crippen LogP) is 2.97. The molecule has 10 nitrogen and oxygen atoms in total. The van der Waals surface area contributed by atoms with Gasteiger partial charge in [0.05, 0.1) is 24.8 Å². The highest BCUT2D eigenvalue weighted by Crippen LogP contribution is 2.39. The van der Waals surface area contributed by atoms with E-state index in [4.69, 9.17) is 9.47 Å². The van der Waals surface area contributed by atoms with Crippen LogP contribution in [0.2, 0.25) is 0 Å². The quantitative estimate of drug-likeness (QED) is 0.412. The lowest BCUT2D eigenvalue weighted by Gasteiger charge is -2.33. The molecule has 5 rings (SSSR count). The molecule has 0 spiro atoms. The van der Waals surface area contributed by atoms with E-state index in [0.717, 1.165) is 12.8 Å². The van der Waals surface area contributed by atoms with Gasteiger partial charge in [-0.3, -0.25) is 9.59 Å². The van der Waals surface area contributed by atoms with Crippen molar-refractivity contribution in [2.45, 2.75) is 51.7 Å². The van der Waals surface area contributed by atoms with Gasteiger partial charge in [0, 0.05) is 36.5 Å². The van der Waals surface area contributed by atoms with E-state index in [1.807, 2.05) is 0 Å². The van der Waals surface area contributed by atoms with Crippen molar-refractivity contribution in [2.24, 2.45) is 5.92 Å². The third-order valence-electron chi connectivity index (χ3n) is 7.18. The molecule has 0 bridgehead atoms. The van der Waals surface area contributed by atoms with Gasteiger partial charge in [-0.15, -0.1) is 0 Å². The van der Waals surface area contributed by atoms with Crippen LogP contribution in [-0.4, -0.2) is 75.7 Å². The van der Waals surface area contributed by atoms with Crippen LogP contribution in [0.4, 0.5) is 4.39 Å². The molecular formula is C27H32FN5O5. The van der Waals surface area contributed by atoms with Gasteiger partial charge < -0.3 is 29.8 Å². The van der Waals surface area contributed by atoms with Gasteiger partial charge in [0.15, 0.2) is 11.6 Å². The van der Waals surface area contributed by atoms with E-state index >= 15 is 0 Å². The summed E-state index contributed by atoms with van der Waals surface area (Å²) in [5.41, 5.74) is 2.80. The maximum absolute atomic E-state index is 14.8. The number of likely N-dealkylation sites (tertiary alicyclic amines) is 1. The standard InChI is InChI=1S/C27H32FN5O5/c1-14-22(26(35)32-17-6-8-33(9-7-17)27(36)15(2)34)24-25(31-14)23(29-13-30-24)18-10-19(28)21(37-3)11-20(18)38-12-16-4-5-16/h10-11,13,15-17,31,34H,4-9,12H2,1-3H3,(H,32,35)/t15-/m0/s1. The molecule has 2 aromatic heterocycles. The van der Waals surface area contributed by atoms with E-state index in [2.05, 4.69) is 20.3 Å². The number of carbonyl (C=O) groups excluding carboxylic acids is 2. The van der Waals surface area contributed by atoms with Gasteiger partial charge in [0.2, 0.25) is 0 Å². The number of aromatic nitrogens is 3. The Balaban J connectivity index is 1.42. The number of fused-ring (bicyclic) bond motifs is 1. The SMILES string of the molecule is COc1cc(OCC2CC2)c(-c2ncnc3c(C(=O)NC4CCN(C(=O)[C@H](C)O)CC4)c(C)[nH]c23)cc1F. The van der Waals surface area contributed by atoms with Crippen molar-refractivity contribution in [1.82, 2.24) is 25.2 Å². The monoisotopic (exact) mass is 525 g/mol. The summed E-state index contributed by atoms with van der Waals surface area (Å²) in [6.07, 6.45) is 3.69. The highest BCUT2D eigenvalue weighted by atomic mass is 19.1. The lowest BCUT2D eigenvalue weighted by molar-refractivity contribution is -0.140. The number of hydrogen-bond donors (Lipinski definition) is 3. The predicted molar refractivity (Wildman–Crippen MR) is 138 cm³/mol. The van der Waals surface area contributed by atoms with E-state index in [9.17, 15) is 19.1 Å². The second-order valence-corrected chi connectivity index (χ2v) is 10.1. The third-order valence-corrected chi connectivity index (χ3v) is 7.18. The molecule has 202 valence electrons. The number of aliphatic hydroxyl groups excluding tert-OH is 1. The molecule has 1 aliphatic carbocycles. The minimum atomic E-state index is -1.04. The Morgan fingerprint density at radius 2 is 1.95 bits per heavy atom. The van der Waals surface area contributed by atoms with Gasteiger partial charge in [-0.25, -0.2) is 14.4 Å². The van der Waals surface area contributed by atoms with E-state index in [-0.39, 0.29) is 23.6 Å². The fourth-order valence-electron chi connectivity index (χ4n) is 4.86. The Labute approximate surface area is 219 Å². The largest absolute Gasteiger partial charge is 0.494 e. The van der Waals surface area contributed by atoms with Crippen molar-refractivity contribution in [3.63, 3.8) is 0 Å². The average molecular weight is 526 g/mol. The summed E-state index contributed by atoms with van der Waals surface area (Å²) in [6.45, 7) is 4.67. The zero-order valence-corrected chi connectivity index (χ0v) is 21.7. The number of methoxy groups -OCH3 is 1. The lowest BCUT2D eigenvalue weighted by Crippen LogP contribution is -2.48. The molecule has 2 amide bonds. The Hall–Kier alpha value is -3.73. The molecule has 1 saturated carbocycles. The molecule has 11 heteroatoms. The van der Waals surface area contributed by atoms with Gasteiger partial charge in [0.25, 0.3) is 11.8 Å². The zero-order valence-electron chi connectivity index (χ0n) is 21.7. The molecule has 2 aliphatic rings. The molecular weight excluding hydrogens is 493 g/mol. The van der Waals surface area contributed by atoms with Crippen LogP contribution in [0.25, 0.3) is 22.3 Å². The minimum Gasteiger partial charge on any atom is -0.494 e. The summed E-state index contributed by atoms with van der Waals surface area (Å²) in [7, 11) is 1.40. The number of aliphatic hydroxyl groups is 1. The summed E-state index contributed by atoms with van der Waals surface area (Å²) in [4.78, 5) is 39.0. The number of halogens is 1. The number of ether oxygens (including phenoxy) is 2. The minimum absolute atomic E-state index is 0.0776. The molecule has 1 aromatic carbocycles. The Morgan fingerprint density at radius 3 is 2.61 bits per heavy atom. The fraction of sp³-hybridized carbons (Fsp3) is 0.481. The van der Waals surface area contributed by atoms with Crippen LogP contribution in [0, 0.1) is 18.7 Å². The van der Waals surface area contributed by atoms with Crippen molar-refractivity contribution >= 4 is 22.8 Å². The molecule has 1 aliphatic heterocycles. The average Bonchev–Trinajstić information content (AvgIpc) is 3.67. The summed E-state index contributed by atoms with van der Waals surface area (Å²) < 4.78 is 26.0. The van der Waals surface area contributed by atoms with Crippen LogP contribution >= 0.6 is 0 Å². The number of benzene rings is 1. The first kappa shape index (κ1) is 25.9. The van der Waals surface area contributed by atoms with Crippen molar-refractivity contribution < 1.29 is 28.6 Å². The van der Waals surface area contributed by atoms with Crippen LogP contribution in [-0.2, 0) is 4.79 Å². The second-order valence-electron chi connectivity index (χ2n) is 10.1. The van der Waals surface area contributed by atoms with E-state index < -0.39 is 11.9 Å². The highest BCUT2D eigenvalue weighted by molar-refractivity contribution is 6.09. The van der Waals surface area contributed by atoms with Gasteiger partial charge >= 0.3 is 0 Å². The first-order valence-corrected chi connectivity index (χ1v) is 12.9. The third kappa shape index (κ3) is 5.15. The van der Waals surface area contributed by atoms with Crippen LogP contribution in [0.5, 0.6) is 11.5 Å². The van der Waals surface area contributed by atoms with Crippen LogP contribution in [0.15, 0.2) is 18.5 Å². The number of piperidine rings is 1. The number of rotatable bonds is 8. The van der Waals surface area contributed by atoms with Crippen LogP contribution < -0.4 is 14.8 Å². The van der Waals surface area contributed by atoms with Gasteiger partial charge in [-0.1, -0.05) is 0 Å². The second kappa shape index (κ2) is 10.6. The number of aromatic amines is 1. The Morgan fingerprint density at radius 1 is 1.21 bits per heavy atom. The molecule has 38 heavy (non-hydrogen) atoms. The molecule has 0 unspecified atom stereocenters. The normalized spacial score (nSPS) is 16.9. The number of H-pyrrole nitrogens is 1. The summed E-state index contributed by atoms with van der Waals surface area (Å²) >= 11 is 0. The van der Waals surface area contributed by atoms with Crippen LogP contribution in [0.1, 0.15) is 48.7 Å². The molecule has 3 heterocycles. The molecule has 0 radical (unpaired) electrons. The van der Waals surface area contributed by atoms with Crippen molar-refractivity contribution in [3.05, 3.63) is 35.5 Å². The molecule has 2 fully saturated rings. The number of carbonyl (C=O) groups is 2. The highest BCUT2D eigenvalue weighted by Gasteiger charge is 2.29. The first-order chi connectivity index (χ1) is 18.3. The fourth-order valence-corrected chi connectivity index (χ4v) is 4.86. The smallest absolute Gasteiger partial charge is 0.255 e. The molecule has 3 N–H and O–H groups in total. The zero-order chi connectivity index (χ0) is 27.0. The summed E-state index contributed by atoms with van der Waals surface area (Å²) in [5, 5.41) is 12.6. The van der Waals surface area contributed by atoms with Gasteiger partial charge in [0.1, 0.15) is 29.4 Å². The van der Waals surface area contributed by atoms with Crippen molar-refractivity contribution in [3.8, 4) is 22.8 Å². The first-order valence-electron chi connectivity index (χ1n) is 12.9. The Bertz CT molecular complexity index is 1360. The number of aryl methyl sites for hydroxylation is 1. The maximum Gasteiger partial charge on any atom is 0.255 e. The van der Waals surface area contributed by atoms with Gasteiger partial charge in [-0.2, -0.15) is 0 Å². The van der Waals surface area contributed by atoms with Crippen molar-refractivity contribution in [2.75, 3.05) is 26.8 Å². The van der Waals surface area contributed by atoms with E-state index in [1.54, 1.807) is 11.8 Å².